The number of benzene rings is 1. The van der Waals surface area contributed by atoms with E-state index in [4.69, 9.17) is 32.7 Å². The third-order valence-corrected chi connectivity index (χ3v) is 3.93. The molecule has 4 nitrogen and oxygen atoms in total. The molecule has 1 atom stereocenters. The minimum absolute atomic E-state index is 0.112. The molecular formula is C16H20Cl2O4. The summed E-state index contributed by atoms with van der Waals surface area (Å²) in [6.07, 6.45) is 1.63. The average molecular weight is 347 g/mol. The second-order valence-corrected chi connectivity index (χ2v) is 5.86. The first-order valence-electron chi connectivity index (χ1n) is 7.24. The number of ether oxygens (including phenoxy) is 2. The molecule has 0 aliphatic carbocycles. The van der Waals surface area contributed by atoms with Crippen LogP contribution in [0.15, 0.2) is 18.2 Å². The molecule has 0 fully saturated rings. The van der Waals surface area contributed by atoms with E-state index in [9.17, 15) is 9.59 Å². The van der Waals surface area contributed by atoms with Gasteiger partial charge in [-0.25, -0.2) is 0 Å². The topological polar surface area (TPSA) is 52.6 Å². The second-order valence-electron chi connectivity index (χ2n) is 5.08. The molecule has 0 saturated carbocycles. The molecule has 122 valence electrons. The summed E-state index contributed by atoms with van der Waals surface area (Å²) in [7, 11) is 0. The number of hydrogen-bond acceptors (Lipinski definition) is 4. The third kappa shape index (κ3) is 6.67. The highest BCUT2D eigenvalue weighted by molar-refractivity contribution is 6.43. The highest BCUT2D eigenvalue weighted by atomic mass is 35.5. The van der Waals surface area contributed by atoms with Gasteiger partial charge >= 0.3 is 11.9 Å². The molecule has 1 aromatic rings. The van der Waals surface area contributed by atoms with Crippen molar-refractivity contribution in [1.29, 1.82) is 0 Å². The molecule has 0 radical (unpaired) electrons. The van der Waals surface area contributed by atoms with Crippen LogP contribution in [0.4, 0.5) is 0 Å². The average Bonchev–Trinajstić information content (AvgIpc) is 2.49. The summed E-state index contributed by atoms with van der Waals surface area (Å²) in [6.45, 7) is 4.47. The largest absolute Gasteiger partial charge is 0.465 e. The number of carbonyl (C=O) groups is 2. The fraction of sp³-hybridized carbons (Fsp3) is 0.500. The van der Waals surface area contributed by atoms with Crippen LogP contribution in [0.2, 0.25) is 10.0 Å². The van der Waals surface area contributed by atoms with Gasteiger partial charge in [0.25, 0.3) is 0 Å². The van der Waals surface area contributed by atoms with Gasteiger partial charge in [0.05, 0.1) is 11.6 Å². The Morgan fingerprint density at radius 1 is 1.18 bits per heavy atom. The Morgan fingerprint density at radius 2 is 1.86 bits per heavy atom. The zero-order chi connectivity index (χ0) is 16.5. The molecule has 0 N–H and O–H groups in total. The Hall–Kier alpha value is -1.26. The van der Waals surface area contributed by atoms with Crippen LogP contribution in [0.5, 0.6) is 5.75 Å². The van der Waals surface area contributed by atoms with Crippen molar-refractivity contribution in [3.63, 3.8) is 0 Å². The van der Waals surface area contributed by atoms with Crippen LogP contribution in [0.25, 0.3) is 0 Å². The van der Waals surface area contributed by atoms with Crippen molar-refractivity contribution < 1.29 is 19.1 Å². The van der Waals surface area contributed by atoms with E-state index < -0.39 is 5.97 Å². The van der Waals surface area contributed by atoms with E-state index in [2.05, 4.69) is 0 Å². The monoisotopic (exact) mass is 346 g/mol. The van der Waals surface area contributed by atoms with Gasteiger partial charge in [0.1, 0.15) is 5.02 Å². The van der Waals surface area contributed by atoms with Gasteiger partial charge in [-0.1, -0.05) is 49.5 Å². The lowest BCUT2D eigenvalue weighted by Crippen LogP contribution is -2.13. The summed E-state index contributed by atoms with van der Waals surface area (Å²) < 4.78 is 10.2. The lowest BCUT2D eigenvalue weighted by Gasteiger charge is -2.09. The van der Waals surface area contributed by atoms with Gasteiger partial charge in [0.2, 0.25) is 0 Å². The Morgan fingerprint density at radius 3 is 2.55 bits per heavy atom. The van der Waals surface area contributed by atoms with Gasteiger partial charge in [0.15, 0.2) is 5.75 Å². The van der Waals surface area contributed by atoms with E-state index in [0.29, 0.717) is 24.0 Å². The van der Waals surface area contributed by atoms with E-state index in [-0.39, 0.29) is 29.6 Å². The highest BCUT2D eigenvalue weighted by Gasteiger charge is 2.12. The fourth-order valence-corrected chi connectivity index (χ4v) is 1.87. The lowest BCUT2D eigenvalue weighted by molar-refractivity contribution is -0.145. The fourth-order valence-electron chi connectivity index (χ4n) is 1.54. The molecule has 0 amide bonds. The van der Waals surface area contributed by atoms with Crippen molar-refractivity contribution in [2.45, 2.75) is 39.5 Å². The molecule has 0 aromatic heterocycles. The summed E-state index contributed by atoms with van der Waals surface area (Å²) >= 11 is 11.8. The summed E-state index contributed by atoms with van der Waals surface area (Å²) in [6, 6.07) is 4.81. The first-order valence-corrected chi connectivity index (χ1v) is 8.00. The maximum atomic E-state index is 11.7. The summed E-state index contributed by atoms with van der Waals surface area (Å²) in [5.41, 5.74) is 0. The molecule has 0 spiro atoms. The molecule has 0 aliphatic heterocycles. The SMILES string of the molecule is CCC(C)COC(=O)CCCC(=O)Oc1cccc(Cl)c1Cl. The molecule has 1 unspecified atom stereocenters. The molecule has 1 aromatic carbocycles. The Bertz CT molecular complexity index is 517. The quantitative estimate of drug-likeness (QED) is 0.507. The Kier molecular flexibility index (Phi) is 8.28. The number of hydrogen-bond donors (Lipinski definition) is 0. The highest BCUT2D eigenvalue weighted by Crippen LogP contribution is 2.31. The molecule has 0 aliphatic rings. The first kappa shape index (κ1) is 18.8. The van der Waals surface area contributed by atoms with Crippen LogP contribution in [0, 0.1) is 5.92 Å². The zero-order valence-electron chi connectivity index (χ0n) is 12.7. The number of carbonyl (C=O) groups excluding carboxylic acids is 2. The maximum Gasteiger partial charge on any atom is 0.311 e. The maximum absolute atomic E-state index is 11.7. The first-order chi connectivity index (χ1) is 10.4. The van der Waals surface area contributed by atoms with Crippen molar-refractivity contribution in [2.24, 2.45) is 5.92 Å². The minimum Gasteiger partial charge on any atom is -0.465 e. The Balaban J connectivity index is 2.29. The molecular weight excluding hydrogens is 327 g/mol. The van der Waals surface area contributed by atoms with Crippen molar-refractivity contribution in [3.8, 4) is 5.75 Å². The predicted molar refractivity (Wildman–Crippen MR) is 86.4 cm³/mol. The summed E-state index contributed by atoms with van der Waals surface area (Å²) in [5.74, 6) is -0.190. The number of rotatable bonds is 8. The van der Waals surface area contributed by atoms with Crippen molar-refractivity contribution in [1.82, 2.24) is 0 Å². The second kappa shape index (κ2) is 9.70. The van der Waals surface area contributed by atoms with Gasteiger partial charge < -0.3 is 9.47 Å². The van der Waals surface area contributed by atoms with Crippen LogP contribution in [-0.2, 0) is 14.3 Å². The van der Waals surface area contributed by atoms with E-state index in [0.717, 1.165) is 6.42 Å². The number of esters is 2. The van der Waals surface area contributed by atoms with E-state index in [1.165, 1.54) is 0 Å². The summed E-state index contributed by atoms with van der Waals surface area (Å²) in [5, 5.41) is 0.520. The van der Waals surface area contributed by atoms with Crippen molar-refractivity contribution in [3.05, 3.63) is 28.2 Å². The predicted octanol–water partition coefficient (Wildman–Crippen LogP) is 4.66. The van der Waals surface area contributed by atoms with Gasteiger partial charge in [-0.2, -0.15) is 0 Å². The smallest absolute Gasteiger partial charge is 0.311 e. The molecule has 0 saturated heterocycles. The lowest BCUT2D eigenvalue weighted by atomic mass is 10.1. The molecule has 22 heavy (non-hydrogen) atoms. The van der Waals surface area contributed by atoms with Gasteiger partial charge in [-0.05, 0) is 24.5 Å². The van der Waals surface area contributed by atoms with E-state index in [1.54, 1.807) is 18.2 Å². The molecule has 0 heterocycles. The van der Waals surface area contributed by atoms with E-state index >= 15 is 0 Å². The minimum atomic E-state index is -0.459. The zero-order valence-corrected chi connectivity index (χ0v) is 14.2. The van der Waals surface area contributed by atoms with Crippen LogP contribution < -0.4 is 4.74 Å². The van der Waals surface area contributed by atoms with Crippen molar-refractivity contribution in [2.75, 3.05) is 6.61 Å². The van der Waals surface area contributed by atoms with Crippen LogP contribution in [-0.4, -0.2) is 18.5 Å². The molecule has 0 bridgehead atoms. The van der Waals surface area contributed by atoms with Crippen LogP contribution >= 0.6 is 23.2 Å². The number of halogens is 2. The molecule has 1 rings (SSSR count). The van der Waals surface area contributed by atoms with Crippen LogP contribution in [0.1, 0.15) is 39.5 Å². The normalized spacial score (nSPS) is 11.8. The standard InChI is InChI=1S/C16H20Cl2O4/c1-3-11(2)10-21-14(19)8-5-9-15(20)22-13-7-4-6-12(17)16(13)18/h4,6-7,11H,3,5,8-10H2,1-2H3. The molecule has 6 heteroatoms. The van der Waals surface area contributed by atoms with Gasteiger partial charge in [-0.15, -0.1) is 0 Å². The van der Waals surface area contributed by atoms with Gasteiger partial charge in [-0.3, -0.25) is 9.59 Å². The van der Waals surface area contributed by atoms with E-state index in [1.807, 2.05) is 13.8 Å². The van der Waals surface area contributed by atoms with Crippen molar-refractivity contribution >= 4 is 35.1 Å². The summed E-state index contributed by atoms with van der Waals surface area (Å²) in [4.78, 5) is 23.2. The van der Waals surface area contributed by atoms with Crippen LogP contribution in [0.3, 0.4) is 0 Å². The van der Waals surface area contributed by atoms with Gasteiger partial charge in [0, 0.05) is 12.8 Å². The Labute approximate surface area is 140 Å². The third-order valence-electron chi connectivity index (χ3n) is 3.13.